The van der Waals surface area contributed by atoms with Gasteiger partial charge in [-0.05, 0) is 89.9 Å². The van der Waals surface area contributed by atoms with Crippen molar-refractivity contribution in [3.8, 4) is 11.5 Å². The number of rotatable bonds is 8. The lowest BCUT2D eigenvalue weighted by Gasteiger charge is -2.27. The van der Waals surface area contributed by atoms with Crippen LogP contribution in [0.4, 0.5) is 11.4 Å². The van der Waals surface area contributed by atoms with Crippen LogP contribution in [0.5, 0.6) is 11.5 Å². The molecule has 0 saturated carbocycles. The number of hydrogen-bond donors (Lipinski definition) is 1. The maximum absolute atomic E-state index is 13.4. The Kier molecular flexibility index (Phi) is 7.88. The van der Waals surface area contributed by atoms with E-state index in [1.807, 2.05) is 24.3 Å². The van der Waals surface area contributed by atoms with Gasteiger partial charge in [-0.2, -0.15) is 0 Å². The number of methoxy groups -OCH3 is 2. The fraction of sp³-hybridized carbons (Fsp3) is 0.241. The maximum atomic E-state index is 13.4. The third-order valence-corrected chi connectivity index (χ3v) is 7.18. The van der Waals surface area contributed by atoms with Crippen LogP contribution in [0.15, 0.2) is 76.8 Å². The number of carbonyl (C=O) groups excluding carboxylic acids is 2. The van der Waals surface area contributed by atoms with Gasteiger partial charge in [-0.3, -0.25) is 14.5 Å². The molecule has 1 unspecified atom stereocenters. The van der Waals surface area contributed by atoms with Gasteiger partial charge in [0.15, 0.2) is 0 Å². The minimum absolute atomic E-state index is 0.0139. The van der Waals surface area contributed by atoms with E-state index in [0.29, 0.717) is 32.8 Å². The first-order valence-electron chi connectivity index (χ1n) is 12.0. The van der Waals surface area contributed by atoms with Crippen molar-refractivity contribution in [1.29, 1.82) is 0 Å². The van der Waals surface area contributed by atoms with Crippen molar-refractivity contribution in [3.05, 3.63) is 87.9 Å². The molecule has 1 heterocycles. The van der Waals surface area contributed by atoms with Crippen LogP contribution in [0.3, 0.4) is 0 Å². The van der Waals surface area contributed by atoms with Gasteiger partial charge < -0.3 is 19.5 Å². The lowest BCUT2D eigenvalue weighted by atomic mass is 9.95. The van der Waals surface area contributed by atoms with Gasteiger partial charge >= 0.3 is 0 Å². The van der Waals surface area contributed by atoms with Gasteiger partial charge in [-0.1, -0.05) is 12.1 Å². The standard InChI is InChI=1S/C29H29BrN2O5/c1-5-31(6-2)20-10-12-21(13-11-20)32-26(18-7-14-22(36-3)15-8-18)25(28(34)29(32)35)27(33)19-9-16-24(37-4)23(30)17-19/h7-17,26,33H,5-6H2,1-4H3/b27-25-. The minimum atomic E-state index is -0.828. The van der Waals surface area contributed by atoms with Gasteiger partial charge in [0, 0.05) is 30.0 Å². The number of ether oxygens (including phenoxy) is 2. The van der Waals surface area contributed by atoms with Gasteiger partial charge in [0.2, 0.25) is 0 Å². The third kappa shape index (κ3) is 4.93. The highest BCUT2D eigenvalue weighted by molar-refractivity contribution is 9.10. The maximum Gasteiger partial charge on any atom is 0.300 e. The molecule has 1 N–H and O–H groups in total. The lowest BCUT2D eigenvalue weighted by molar-refractivity contribution is -0.132. The van der Waals surface area contributed by atoms with E-state index >= 15 is 0 Å². The Bertz CT molecular complexity index is 1330. The second-order valence-corrected chi connectivity index (χ2v) is 9.33. The van der Waals surface area contributed by atoms with Crippen molar-refractivity contribution >= 4 is 44.8 Å². The van der Waals surface area contributed by atoms with Crippen molar-refractivity contribution in [3.63, 3.8) is 0 Å². The molecule has 7 nitrogen and oxygen atoms in total. The molecule has 4 rings (SSSR count). The van der Waals surface area contributed by atoms with Crippen LogP contribution in [-0.2, 0) is 9.59 Å². The Labute approximate surface area is 225 Å². The van der Waals surface area contributed by atoms with Gasteiger partial charge in [-0.25, -0.2) is 0 Å². The minimum Gasteiger partial charge on any atom is -0.507 e. The molecule has 1 aliphatic rings. The molecule has 0 radical (unpaired) electrons. The number of halogens is 1. The summed E-state index contributed by atoms with van der Waals surface area (Å²) in [6.07, 6.45) is 0. The first-order chi connectivity index (χ1) is 17.8. The molecule has 1 fully saturated rings. The normalized spacial score (nSPS) is 16.7. The Morgan fingerprint density at radius 1 is 0.946 bits per heavy atom. The Morgan fingerprint density at radius 3 is 2.14 bits per heavy atom. The summed E-state index contributed by atoms with van der Waals surface area (Å²) in [7, 11) is 3.11. The van der Waals surface area contributed by atoms with Crippen molar-refractivity contribution in [2.24, 2.45) is 0 Å². The summed E-state index contributed by atoms with van der Waals surface area (Å²) in [6, 6.07) is 18.8. The molecule has 0 spiro atoms. The van der Waals surface area contributed by atoms with Gasteiger partial charge in [0.05, 0.1) is 30.3 Å². The summed E-state index contributed by atoms with van der Waals surface area (Å²) >= 11 is 3.43. The van der Waals surface area contributed by atoms with Crippen LogP contribution < -0.4 is 19.3 Å². The number of hydrogen-bond acceptors (Lipinski definition) is 6. The van der Waals surface area contributed by atoms with E-state index in [0.717, 1.165) is 18.8 Å². The van der Waals surface area contributed by atoms with Crippen LogP contribution >= 0.6 is 15.9 Å². The number of aliphatic hydroxyl groups excluding tert-OH is 1. The smallest absolute Gasteiger partial charge is 0.300 e. The second kappa shape index (κ2) is 11.1. The highest BCUT2D eigenvalue weighted by Gasteiger charge is 2.47. The number of amides is 1. The number of anilines is 2. The molecule has 3 aromatic carbocycles. The van der Waals surface area contributed by atoms with E-state index in [1.54, 1.807) is 56.7 Å². The molecule has 1 aliphatic heterocycles. The highest BCUT2D eigenvalue weighted by Crippen LogP contribution is 2.43. The van der Waals surface area contributed by atoms with E-state index in [4.69, 9.17) is 9.47 Å². The molecule has 192 valence electrons. The summed E-state index contributed by atoms with van der Waals surface area (Å²) in [5.41, 5.74) is 2.66. The van der Waals surface area contributed by atoms with E-state index < -0.39 is 17.7 Å². The van der Waals surface area contributed by atoms with E-state index in [9.17, 15) is 14.7 Å². The van der Waals surface area contributed by atoms with E-state index in [2.05, 4.69) is 34.7 Å². The molecule has 0 aliphatic carbocycles. The van der Waals surface area contributed by atoms with Crippen LogP contribution in [-0.4, -0.2) is 44.1 Å². The monoisotopic (exact) mass is 564 g/mol. The van der Waals surface area contributed by atoms with Gasteiger partial charge in [-0.15, -0.1) is 0 Å². The topological polar surface area (TPSA) is 79.3 Å². The average molecular weight is 565 g/mol. The molecule has 1 saturated heterocycles. The molecule has 0 bridgehead atoms. The zero-order valence-corrected chi connectivity index (χ0v) is 22.8. The molecule has 1 atom stereocenters. The van der Waals surface area contributed by atoms with Gasteiger partial charge in [0.1, 0.15) is 17.3 Å². The van der Waals surface area contributed by atoms with Crippen LogP contribution in [0.2, 0.25) is 0 Å². The zero-order chi connectivity index (χ0) is 26.7. The van der Waals surface area contributed by atoms with Crippen molar-refractivity contribution in [2.45, 2.75) is 19.9 Å². The molecule has 37 heavy (non-hydrogen) atoms. The second-order valence-electron chi connectivity index (χ2n) is 8.48. The quantitative estimate of drug-likeness (QED) is 0.207. The van der Waals surface area contributed by atoms with E-state index in [-0.39, 0.29) is 11.3 Å². The summed E-state index contributed by atoms with van der Waals surface area (Å²) in [5, 5.41) is 11.4. The largest absolute Gasteiger partial charge is 0.507 e. The Hall–Kier alpha value is -3.78. The first kappa shape index (κ1) is 26.3. The van der Waals surface area contributed by atoms with Crippen molar-refractivity contribution in [2.75, 3.05) is 37.1 Å². The van der Waals surface area contributed by atoms with Crippen LogP contribution in [0.1, 0.15) is 31.0 Å². The zero-order valence-electron chi connectivity index (χ0n) is 21.2. The fourth-order valence-corrected chi connectivity index (χ4v) is 5.12. The SMILES string of the molecule is CCN(CC)c1ccc(N2C(=O)C(=O)/C(=C(\O)c3ccc(OC)c(Br)c3)C2c2ccc(OC)cc2)cc1. The average Bonchev–Trinajstić information content (AvgIpc) is 3.19. The predicted molar refractivity (Wildman–Crippen MR) is 148 cm³/mol. The summed E-state index contributed by atoms with van der Waals surface area (Å²) in [6.45, 7) is 5.86. The number of Topliss-reactive ketones (excluding diaryl/α,β-unsaturated/α-hetero) is 1. The van der Waals surface area contributed by atoms with Crippen LogP contribution in [0.25, 0.3) is 5.76 Å². The number of aliphatic hydroxyl groups is 1. The molecule has 8 heteroatoms. The van der Waals surface area contributed by atoms with Crippen LogP contribution in [0, 0.1) is 0 Å². The fourth-order valence-electron chi connectivity index (χ4n) is 4.58. The Morgan fingerprint density at radius 2 is 1.59 bits per heavy atom. The molecule has 1 amide bonds. The Balaban J connectivity index is 1.87. The summed E-state index contributed by atoms with van der Waals surface area (Å²) in [5.74, 6) is -0.492. The highest BCUT2D eigenvalue weighted by atomic mass is 79.9. The molecule has 3 aromatic rings. The predicted octanol–water partition coefficient (Wildman–Crippen LogP) is 5.94. The van der Waals surface area contributed by atoms with Crippen molar-refractivity contribution < 1.29 is 24.2 Å². The van der Waals surface area contributed by atoms with Crippen molar-refractivity contribution in [1.82, 2.24) is 0 Å². The molecule has 0 aromatic heterocycles. The number of benzene rings is 3. The number of ketones is 1. The molecular weight excluding hydrogens is 536 g/mol. The third-order valence-electron chi connectivity index (χ3n) is 6.56. The molecular formula is C29H29BrN2O5. The number of nitrogens with zero attached hydrogens (tertiary/aromatic N) is 2. The first-order valence-corrected chi connectivity index (χ1v) is 12.8. The summed E-state index contributed by atoms with van der Waals surface area (Å²) in [4.78, 5) is 30.5. The lowest BCUT2D eigenvalue weighted by Crippen LogP contribution is -2.29. The van der Waals surface area contributed by atoms with Gasteiger partial charge in [0.25, 0.3) is 11.7 Å². The number of carbonyl (C=O) groups is 2. The van der Waals surface area contributed by atoms with E-state index in [1.165, 1.54) is 4.90 Å². The summed E-state index contributed by atoms with van der Waals surface area (Å²) < 4.78 is 11.2.